The Morgan fingerprint density at radius 3 is 1.97 bits per heavy atom. The van der Waals surface area contributed by atoms with Gasteiger partial charge in [-0.1, -0.05) is 41.5 Å². The highest BCUT2D eigenvalue weighted by atomic mass is 28.4. The zero-order chi connectivity index (χ0) is 24.3. The Bertz CT molecular complexity index is 734. The molecule has 0 unspecified atom stereocenters. The van der Waals surface area contributed by atoms with Gasteiger partial charge in [-0.2, -0.15) is 0 Å². The summed E-state index contributed by atoms with van der Waals surface area (Å²) in [5.41, 5.74) is 0.186. The number of hydrogen-bond donors (Lipinski definition) is 0. The van der Waals surface area contributed by atoms with E-state index >= 15 is 0 Å². The lowest BCUT2D eigenvalue weighted by atomic mass is 10.2. The summed E-state index contributed by atoms with van der Waals surface area (Å²) in [6, 6.07) is 5.40. The fraction of sp³-hybridized carbons (Fsp3) is 0.682. The highest BCUT2D eigenvalue weighted by molar-refractivity contribution is 6.74. The van der Waals surface area contributed by atoms with Crippen molar-refractivity contribution in [2.75, 3.05) is 13.2 Å². The molecular formula is C22H39NO6Si2. The maximum absolute atomic E-state index is 12.7. The van der Waals surface area contributed by atoms with E-state index in [9.17, 15) is 14.9 Å². The van der Waals surface area contributed by atoms with Gasteiger partial charge >= 0.3 is 5.97 Å². The molecule has 1 rings (SSSR count). The quantitative estimate of drug-likeness (QED) is 0.141. The lowest BCUT2D eigenvalue weighted by Crippen LogP contribution is -2.46. The molecule has 9 heteroatoms. The fourth-order valence-electron chi connectivity index (χ4n) is 2.09. The zero-order valence-corrected chi connectivity index (χ0v) is 22.7. The Morgan fingerprint density at radius 1 is 1.03 bits per heavy atom. The topological polar surface area (TPSA) is 87.9 Å². The van der Waals surface area contributed by atoms with Crippen LogP contribution < -0.4 is 0 Å². The number of esters is 1. The Morgan fingerprint density at radius 2 is 1.55 bits per heavy atom. The lowest BCUT2D eigenvalue weighted by molar-refractivity contribution is -0.384. The van der Waals surface area contributed by atoms with Gasteiger partial charge in [0.05, 0.1) is 23.7 Å². The zero-order valence-electron chi connectivity index (χ0n) is 20.7. The van der Waals surface area contributed by atoms with E-state index in [0.717, 1.165) is 0 Å². The van der Waals surface area contributed by atoms with Crippen molar-refractivity contribution in [1.82, 2.24) is 0 Å². The molecule has 1 atom stereocenters. The second kappa shape index (κ2) is 9.93. The summed E-state index contributed by atoms with van der Waals surface area (Å²) in [6.45, 7) is 22.0. The molecule has 0 heterocycles. The van der Waals surface area contributed by atoms with Crippen molar-refractivity contribution in [3.05, 3.63) is 39.9 Å². The van der Waals surface area contributed by atoms with Gasteiger partial charge in [-0.05, 0) is 48.4 Å². The Hall–Kier alpha value is -1.56. The first kappa shape index (κ1) is 27.5. The van der Waals surface area contributed by atoms with Crippen molar-refractivity contribution >= 4 is 28.3 Å². The molecule has 0 N–H and O–H groups in total. The standard InChI is InChI=1S/C22H39NO6Si2/c1-21(2,3)30(7,8)27-15-19(16-28-31(9,10)22(4,5)6)29-20(24)17-11-13-18(14-12-17)23(25)26/h11-14,19H,15-16H2,1-10H3/i27+2/t19-/m1/s1. The third-order valence-corrected chi connectivity index (χ3v) is 15.5. The van der Waals surface area contributed by atoms with Crippen molar-refractivity contribution in [3.8, 4) is 0 Å². The van der Waals surface area contributed by atoms with Gasteiger partial charge in [0.1, 0.15) is 6.10 Å². The number of non-ortho nitro benzene ring substituents is 1. The molecule has 1 aromatic carbocycles. The Balaban J connectivity index is 2.97. The third-order valence-electron chi connectivity index (χ3n) is 6.46. The molecule has 0 spiro atoms. The minimum absolute atomic E-state index is 0.0280. The summed E-state index contributed by atoms with van der Waals surface area (Å²) < 4.78 is 18.3. The highest BCUT2D eigenvalue weighted by Gasteiger charge is 2.40. The largest absolute Gasteiger partial charge is 0.454 e. The third kappa shape index (κ3) is 7.82. The second-order valence-electron chi connectivity index (χ2n) is 11.0. The van der Waals surface area contributed by atoms with Crippen LogP contribution in [0.4, 0.5) is 5.69 Å². The van der Waals surface area contributed by atoms with E-state index in [-0.39, 0.29) is 34.5 Å². The van der Waals surface area contributed by atoms with Crippen LogP contribution >= 0.6 is 0 Å². The normalized spacial score (nSPS) is 14.3. The minimum Gasteiger partial charge on any atom is -0.454 e. The van der Waals surface area contributed by atoms with Crippen LogP contribution in [0.3, 0.4) is 0 Å². The first-order valence-corrected chi connectivity index (χ1v) is 16.4. The van der Waals surface area contributed by atoms with Crippen LogP contribution in [0.5, 0.6) is 0 Å². The summed E-state index contributed by atoms with van der Waals surface area (Å²) in [5, 5.41) is 10.9. The van der Waals surface area contributed by atoms with Crippen LogP contribution in [0.25, 0.3) is 0 Å². The lowest BCUT2D eigenvalue weighted by Gasteiger charge is -2.39. The van der Waals surface area contributed by atoms with E-state index in [1.54, 1.807) is 0 Å². The number of nitro benzene ring substituents is 1. The first-order valence-electron chi connectivity index (χ1n) is 10.6. The van der Waals surface area contributed by atoms with Crippen molar-refractivity contribution in [2.24, 2.45) is 0 Å². The maximum atomic E-state index is 12.7. The number of benzene rings is 1. The number of nitro groups is 1. The number of rotatable bonds is 9. The van der Waals surface area contributed by atoms with Gasteiger partial charge in [-0.3, -0.25) is 10.1 Å². The van der Waals surface area contributed by atoms with E-state index < -0.39 is 33.6 Å². The first-order chi connectivity index (χ1) is 13.9. The number of nitrogens with zero attached hydrogens (tertiary/aromatic N) is 1. The molecule has 176 valence electrons. The molecule has 0 aliphatic carbocycles. The molecule has 0 saturated carbocycles. The smallest absolute Gasteiger partial charge is 0.338 e. The van der Waals surface area contributed by atoms with Crippen molar-refractivity contribution in [1.29, 1.82) is 0 Å². The van der Waals surface area contributed by atoms with Gasteiger partial charge in [0.2, 0.25) is 0 Å². The van der Waals surface area contributed by atoms with Gasteiger partial charge in [0.25, 0.3) is 5.69 Å². The van der Waals surface area contributed by atoms with E-state index in [1.807, 2.05) is 0 Å². The molecule has 7 nitrogen and oxygen atoms in total. The number of ether oxygens (including phenoxy) is 1. The molecule has 0 saturated heterocycles. The molecule has 31 heavy (non-hydrogen) atoms. The van der Waals surface area contributed by atoms with Crippen molar-refractivity contribution in [2.45, 2.75) is 83.9 Å². The van der Waals surface area contributed by atoms with Crippen LogP contribution in [0.2, 0.25) is 36.3 Å². The van der Waals surface area contributed by atoms with Crippen molar-refractivity contribution in [3.63, 3.8) is 0 Å². The average Bonchev–Trinajstić information content (AvgIpc) is 2.62. The molecule has 0 radical (unpaired) electrons. The summed E-state index contributed by atoms with van der Waals surface area (Å²) in [7, 11) is -4.08. The second-order valence-corrected chi connectivity index (χ2v) is 20.6. The number of hydrogen-bond acceptors (Lipinski definition) is 6. The molecule has 0 fully saturated rings. The van der Waals surface area contributed by atoms with Gasteiger partial charge < -0.3 is 13.6 Å². The average molecular weight is 472 g/mol. The molecule has 0 aliphatic rings. The van der Waals surface area contributed by atoms with E-state index in [0.29, 0.717) is 0 Å². The summed E-state index contributed by atoms with van der Waals surface area (Å²) >= 11 is 0. The SMILES string of the molecule is CC(C)(C)[Si](C)(C)OC[C@@H](C[18O][Si](C)(C)C(C)(C)C)OC(=O)c1ccc([N+](=O)[O-])cc1. The molecule has 1 aromatic rings. The van der Waals surface area contributed by atoms with E-state index in [2.05, 4.69) is 67.7 Å². The number of carbonyl (C=O) groups excluding carboxylic acids is 1. The monoisotopic (exact) mass is 471 g/mol. The van der Waals surface area contributed by atoms with Crippen LogP contribution in [0.1, 0.15) is 51.9 Å². The summed E-state index contributed by atoms with van der Waals surface area (Å²) in [5.74, 6) is -0.544. The van der Waals surface area contributed by atoms with Crippen LogP contribution in [0.15, 0.2) is 24.3 Å². The predicted molar refractivity (Wildman–Crippen MR) is 129 cm³/mol. The molecule has 0 aliphatic heterocycles. The summed E-state index contributed by atoms with van der Waals surface area (Å²) in [4.78, 5) is 23.0. The van der Waals surface area contributed by atoms with Gasteiger partial charge in [0.15, 0.2) is 16.6 Å². The van der Waals surface area contributed by atoms with Crippen molar-refractivity contribution < 1.29 is 23.3 Å². The van der Waals surface area contributed by atoms with Gasteiger partial charge in [-0.25, -0.2) is 4.79 Å². The van der Waals surface area contributed by atoms with E-state index in [4.69, 9.17) is 13.6 Å². The predicted octanol–water partition coefficient (Wildman–Crippen LogP) is 6.16. The fourth-order valence-corrected chi connectivity index (χ4v) is 4.16. The molecular weight excluding hydrogens is 432 g/mol. The Kier molecular flexibility index (Phi) is 8.80. The maximum Gasteiger partial charge on any atom is 0.338 e. The minimum atomic E-state index is -2.04. The number of carbonyl (C=O) groups is 1. The van der Waals surface area contributed by atoms with Crippen LogP contribution in [-0.2, 0) is 13.6 Å². The molecule has 0 amide bonds. The summed E-state index contributed by atoms with van der Waals surface area (Å²) in [6.07, 6.45) is -0.564. The van der Waals surface area contributed by atoms with Crippen LogP contribution in [0, 0.1) is 10.1 Å². The molecule has 0 bridgehead atoms. The molecule has 0 aromatic heterocycles. The highest BCUT2D eigenvalue weighted by Crippen LogP contribution is 2.38. The Labute approximate surface area is 188 Å². The van der Waals surface area contributed by atoms with Gasteiger partial charge in [-0.15, -0.1) is 0 Å². The van der Waals surface area contributed by atoms with Gasteiger partial charge in [0, 0.05) is 12.1 Å². The van der Waals surface area contributed by atoms with E-state index in [1.165, 1.54) is 24.3 Å². The van der Waals surface area contributed by atoms with Crippen LogP contribution in [-0.4, -0.2) is 46.8 Å².